The van der Waals surface area contributed by atoms with Gasteiger partial charge in [-0.2, -0.15) is 0 Å². The van der Waals surface area contributed by atoms with Crippen LogP contribution in [0.2, 0.25) is 0 Å². The van der Waals surface area contributed by atoms with Crippen LogP contribution in [-0.2, 0) is 0 Å². The number of nitrogens with zero attached hydrogens (tertiary/aromatic N) is 1. The van der Waals surface area contributed by atoms with E-state index in [0.717, 1.165) is 29.7 Å². The molecule has 2 fully saturated rings. The van der Waals surface area contributed by atoms with Gasteiger partial charge in [0, 0.05) is 18.2 Å². The average molecular weight is 206 g/mol. The molecule has 1 N–H and O–H groups in total. The Morgan fingerprint density at radius 2 is 2.33 bits per heavy atom. The van der Waals surface area contributed by atoms with E-state index < -0.39 is 0 Å². The minimum absolute atomic E-state index is 0.639. The van der Waals surface area contributed by atoms with Crippen molar-refractivity contribution < 1.29 is 0 Å². The van der Waals surface area contributed by atoms with Crippen LogP contribution >= 0.6 is 0 Å². The molecule has 1 aliphatic carbocycles. The minimum atomic E-state index is 0.639. The lowest BCUT2D eigenvalue weighted by molar-refractivity contribution is 0.0762. The Hall–Kier alpha value is -0.370. The zero-order valence-electron chi connectivity index (χ0n) is 9.82. The van der Waals surface area contributed by atoms with Gasteiger partial charge in [-0.15, -0.1) is 0 Å². The first kappa shape index (κ1) is 9.83. The molecule has 5 unspecified atom stereocenters. The zero-order chi connectivity index (χ0) is 10.4. The molecule has 0 spiro atoms. The van der Waals surface area contributed by atoms with Gasteiger partial charge in [0.1, 0.15) is 0 Å². The van der Waals surface area contributed by atoms with Crippen LogP contribution in [0.25, 0.3) is 0 Å². The third-order valence-corrected chi connectivity index (χ3v) is 4.55. The lowest BCUT2D eigenvalue weighted by Crippen LogP contribution is -2.60. The Morgan fingerprint density at radius 3 is 3.13 bits per heavy atom. The van der Waals surface area contributed by atoms with Crippen LogP contribution in [0.1, 0.15) is 33.1 Å². The molecule has 0 radical (unpaired) electrons. The van der Waals surface area contributed by atoms with Gasteiger partial charge in [0.25, 0.3) is 0 Å². The monoisotopic (exact) mass is 206 g/mol. The summed E-state index contributed by atoms with van der Waals surface area (Å²) < 4.78 is 0. The quantitative estimate of drug-likeness (QED) is 0.735. The molecule has 0 aromatic heterocycles. The molecule has 2 heteroatoms. The first-order valence-electron chi connectivity index (χ1n) is 6.52. The number of piperidine rings is 1. The lowest BCUT2D eigenvalue weighted by Gasteiger charge is -2.52. The molecule has 4 aliphatic rings. The van der Waals surface area contributed by atoms with Crippen molar-refractivity contribution in [3.8, 4) is 0 Å². The summed E-state index contributed by atoms with van der Waals surface area (Å²) in [5.74, 6) is 3.33. The van der Waals surface area contributed by atoms with E-state index in [1.165, 1.54) is 25.8 Å². The normalized spacial score (nSPS) is 47.5. The van der Waals surface area contributed by atoms with Crippen LogP contribution in [0.15, 0.2) is 4.99 Å². The number of hydrogen-bond acceptors (Lipinski definition) is 2. The zero-order valence-corrected chi connectivity index (χ0v) is 9.82. The summed E-state index contributed by atoms with van der Waals surface area (Å²) in [6.45, 7) is 5.92. The fourth-order valence-electron chi connectivity index (χ4n) is 3.94. The van der Waals surface area contributed by atoms with Crippen molar-refractivity contribution in [1.29, 1.82) is 0 Å². The number of nitrogens with one attached hydrogen (secondary N) is 1. The maximum Gasteiger partial charge on any atom is 0.0542 e. The van der Waals surface area contributed by atoms with Gasteiger partial charge in [-0.3, -0.25) is 4.99 Å². The highest BCUT2D eigenvalue weighted by atomic mass is 15.0. The molecule has 15 heavy (non-hydrogen) atoms. The van der Waals surface area contributed by atoms with Crippen LogP contribution in [0, 0.1) is 23.7 Å². The van der Waals surface area contributed by atoms with Gasteiger partial charge in [-0.25, -0.2) is 0 Å². The lowest BCUT2D eigenvalue weighted by atomic mass is 9.62. The molecule has 1 saturated carbocycles. The molecule has 84 valence electrons. The van der Waals surface area contributed by atoms with Gasteiger partial charge in [0.15, 0.2) is 0 Å². The van der Waals surface area contributed by atoms with E-state index in [0.29, 0.717) is 6.04 Å². The fourth-order valence-corrected chi connectivity index (χ4v) is 3.94. The molecule has 0 aromatic carbocycles. The van der Waals surface area contributed by atoms with E-state index in [-0.39, 0.29) is 0 Å². The van der Waals surface area contributed by atoms with E-state index in [4.69, 9.17) is 4.99 Å². The predicted octanol–water partition coefficient (Wildman–Crippen LogP) is 2.10. The largest absolute Gasteiger partial charge is 0.313 e. The molecular formula is C13H22N2. The van der Waals surface area contributed by atoms with Crippen LogP contribution in [0.3, 0.4) is 0 Å². The number of rotatable bonds is 2. The maximum absolute atomic E-state index is 4.75. The molecule has 0 amide bonds. The van der Waals surface area contributed by atoms with Crippen molar-refractivity contribution in [2.45, 2.75) is 45.2 Å². The van der Waals surface area contributed by atoms with E-state index in [2.05, 4.69) is 25.4 Å². The first-order valence-corrected chi connectivity index (χ1v) is 6.52. The predicted molar refractivity (Wildman–Crippen MR) is 63.2 cm³/mol. The van der Waals surface area contributed by atoms with Crippen LogP contribution < -0.4 is 5.32 Å². The highest BCUT2D eigenvalue weighted by Gasteiger charge is 2.48. The van der Waals surface area contributed by atoms with E-state index in [9.17, 15) is 0 Å². The third-order valence-electron chi connectivity index (χ3n) is 4.55. The van der Waals surface area contributed by atoms with Crippen LogP contribution in [-0.4, -0.2) is 24.8 Å². The Morgan fingerprint density at radius 1 is 1.47 bits per heavy atom. The van der Waals surface area contributed by atoms with Crippen molar-refractivity contribution in [2.24, 2.45) is 28.7 Å². The average Bonchev–Trinajstić information content (AvgIpc) is 2.23. The minimum Gasteiger partial charge on any atom is -0.313 e. The Bertz CT molecular complexity index is 272. The van der Waals surface area contributed by atoms with Crippen molar-refractivity contribution >= 4 is 6.21 Å². The highest BCUT2D eigenvalue weighted by Crippen LogP contribution is 2.44. The second-order valence-electron chi connectivity index (χ2n) is 6.00. The molecule has 4 rings (SSSR count). The molecule has 0 aromatic rings. The Kier molecular flexibility index (Phi) is 2.35. The standard InChI is InChI=1S/C13H22N2/c1-8(2)5-10-12-6-9-3-4-14-13(10)11(9)7-15-12/h7-14H,3-6H2,1-2H3. The second-order valence-corrected chi connectivity index (χ2v) is 6.00. The Balaban J connectivity index is 1.83. The second kappa shape index (κ2) is 3.58. The smallest absolute Gasteiger partial charge is 0.0542 e. The van der Waals surface area contributed by atoms with Gasteiger partial charge in [-0.1, -0.05) is 13.8 Å². The van der Waals surface area contributed by atoms with Gasteiger partial charge in [0.2, 0.25) is 0 Å². The molecule has 2 nitrogen and oxygen atoms in total. The van der Waals surface area contributed by atoms with Crippen molar-refractivity contribution in [3.63, 3.8) is 0 Å². The van der Waals surface area contributed by atoms with E-state index in [1.54, 1.807) is 0 Å². The van der Waals surface area contributed by atoms with Gasteiger partial charge in [0.05, 0.1) is 6.04 Å². The topological polar surface area (TPSA) is 24.4 Å². The number of aliphatic imine (C=N–C) groups is 1. The summed E-state index contributed by atoms with van der Waals surface area (Å²) >= 11 is 0. The third kappa shape index (κ3) is 1.54. The maximum atomic E-state index is 4.75. The summed E-state index contributed by atoms with van der Waals surface area (Å²) in [6.07, 6.45) is 6.37. The number of hydrogen-bond donors (Lipinski definition) is 1. The van der Waals surface area contributed by atoms with Gasteiger partial charge < -0.3 is 5.32 Å². The van der Waals surface area contributed by atoms with Gasteiger partial charge >= 0.3 is 0 Å². The van der Waals surface area contributed by atoms with Crippen LogP contribution in [0.5, 0.6) is 0 Å². The van der Waals surface area contributed by atoms with E-state index in [1.807, 2.05) is 0 Å². The summed E-state index contributed by atoms with van der Waals surface area (Å²) in [5.41, 5.74) is 0. The summed E-state index contributed by atoms with van der Waals surface area (Å²) in [4.78, 5) is 4.75. The molecule has 3 aliphatic heterocycles. The molecule has 5 atom stereocenters. The van der Waals surface area contributed by atoms with Gasteiger partial charge in [-0.05, 0) is 43.6 Å². The summed E-state index contributed by atoms with van der Waals surface area (Å²) in [5, 5.41) is 3.75. The van der Waals surface area contributed by atoms with Crippen LogP contribution in [0.4, 0.5) is 0 Å². The summed E-state index contributed by atoms with van der Waals surface area (Å²) in [6, 6.07) is 1.39. The summed E-state index contributed by atoms with van der Waals surface area (Å²) in [7, 11) is 0. The molecule has 3 heterocycles. The first-order chi connectivity index (χ1) is 7.25. The SMILES string of the molecule is CC(C)CC1C2CC3CCNC1C3C=N2. The molecule has 1 saturated heterocycles. The van der Waals surface area contributed by atoms with E-state index >= 15 is 0 Å². The molecular weight excluding hydrogens is 184 g/mol. The Labute approximate surface area is 92.5 Å². The molecule has 4 bridgehead atoms. The fraction of sp³-hybridized carbons (Fsp3) is 0.923. The van der Waals surface area contributed by atoms with Crippen molar-refractivity contribution in [1.82, 2.24) is 5.32 Å². The van der Waals surface area contributed by atoms with Crippen molar-refractivity contribution in [2.75, 3.05) is 6.54 Å². The highest BCUT2D eigenvalue weighted by molar-refractivity contribution is 5.65. The van der Waals surface area contributed by atoms with Crippen molar-refractivity contribution in [3.05, 3.63) is 0 Å².